The molecule has 0 aliphatic heterocycles. The molecule has 1 aliphatic rings. The summed E-state index contributed by atoms with van der Waals surface area (Å²) >= 11 is 0. The minimum absolute atomic E-state index is 0.158. The molecular formula is C14H19NO3. The minimum Gasteiger partial charge on any atom is -0.493 e. The number of hydrogen-bond donors (Lipinski definition) is 1. The zero-order chi connectivity index (χ0) is 13.0. The molecular weight excluding hydrogens is 230 g/mol. The van der Waals surface area contributed by atoms with Gasteiger partial charge in [-0.25, -0.2) is 0 Å². The quantitative estimate of drug-likeness (QED) is 0.507. The van der Waals surface area contributed by atoms with Crippen LogP contribution in [-0.4, -0.2) is 25.6 Å². The fraction of sp³-hybridized carbons (Fsp3) is 0.500. The minimum atomic E-state index is -0.158. The summed E-state index contributed by atoms with van der Waals surface area (Å²) in [6, 6.07) is 5.90. The summed E-state index contributed by atoms with van der Waals surface area (Å²) in [6.45, 7) is 0. The van der Waals surface area contributed by atoms with E-state index >= 15 is 0 Å². The van der Waals surface area contributed by atoms with E-state index in [0.717, 1.165) is 37.0 Å². The van der Waals surface area contributed by atoms with Crippen LogP contribution in [0.25, 0.3) is 0 Å². The van der Waals surface area contributed by atoms with Gasteiger partial charge in [-0.05, 0) is 30.5 Å². The Kier molecular flexibility index (Phi) is 3.75. The predicted molar refractivity (Wildman–Crippen MR) is 70.0 cm³/mol. The van der Waals surface area contributed by atoms with Crippen LogP contribution >= 0.6 is 0 Å². The molecule has 0 aromatic heterocycles. The van der Waals surface area contributed by atoms with Gasteiger partial charge in [-0.15, -0.1) is 5.16 Å². The van der Waals surface area contributed by atoms with E-state index in [4.69, 9.17) is 14.7 Å². The van der Waals surface area contributed by atoms with Gasteiger partial charge in [0.1, 0.15) is 0 Å². The zero-order valence-electron chi connectivity index (χ0n) is 10.8. The molecule has 0 unspecified atom stereocenters. The molecule has 0 heterocycles. The molecule has 4 heteroatoms. The van der Waals surface area contributed by atoms with Crippen molar-refractivity contribution in [1.29, 1.82) is 0 Å². The fourth-order valence-electron chi connectivity index (χ4n) is 2.75. The Morgan fingerprint density at radius 3 is 2.39 bits per heavy atom. The van der Waals surface area contributed by atoms with E-state index in [1.54, 1.807) is 20.4 Å². The Bertz CT molecular complexity index is 437. The summed E-state index contributed by atoms with van der Waals surface area (Å²) in [4.78, 5) is 0. The topological polar surface area (TPSA) is 51.0 Å². The maximum Gasteiger partial charge on any atom is 0.161 e. The van der Waals surface area contributed by atoms with Gasteiger partial charge in [-0.2, -0.15) is 0 Å². The lowest BCUT2D eigenvalue weighted by Gasteiger charge is -2.25. The predicted octanol–water partition coefficient (Wildman–Crippen LogP) is 2.98. The largest absolute Gasteiger partial charge is 0.493 e. The average molecular weight is 249 g/mol. The smallest absolute Gasteiger partial charge is 0.161 e. The van der Waals surface area contributed by atoms with Gasteiger partial charge in [0.2, 0.25) is 0 Å². The third kappa shape index (κ3) is 2.15. The van der Waals surface area contributed by atoms with Crippen LogP contribution in [0.1, 0.15) is 31.2 Å². The first-order valence-electron chi connectivity index (χ1n) is 6.17. The zero-order valence-corrected chi connectivity index (χ0v) is 10.8. The van der Waals surface area contributed by atoms with Gasteiger partial charge >= 0.3 is 0 Å². The first kappa shape index (κ1) is 12.7. The lowest BCUT2D eigenvalue weighted by atomic mass is 9.80. The van der Waals surface area contributed by atoms with Gasteiger partial charge in [0, 0.05) is 5.41 Å². The molecule has 18 heavy (non-hydrogen) atoms. The summed E-state index contributed by atoms with van der Waals surface area (Å²) in [7, 11) is 3.25. The number of ether oxygens (including phenoxy) is 2. The number of rotatable bonds is 4. The van der Waals surface area contributed by atoms with Crippen molar-refractivity contribution in [2.45, 2.75) is 31.1 Å². The van der Waals surface area contributed by atoms with E-state index in [-0.39, 0.29) is 5.41 Å². The standard InChI is InChI=1S/C14H19NO3/c1-17-12-6-5-11(9-13(12)18-2)14(10-15-16)7-3-4-8-14/h5-6,9-10,16H,3-4,7-8H2,1-2H3. The van der Waals surface area contributed by atoms with E-state index in [9.17, 15) is 0 Å². The summed E-state index contributed by atoms with van der Waals surface area (Å²) < 4.78 is 10.6. The highest BCUT2D eigenvalue weighted by atomic mass is 16.5. The lowest BCUT2D eigenvalue weighted by Crippen LogP contribution is -2.24. The number of nitrogens with zero attached hydrogens (tertiary/aromatic N) is 1. The summed E-state index contributed by atoms with van der Waals surface area (Å²) in [6.07, 6.45) is 5.97. The van der Waals surface area contributed by atoms with E-state index in [1.165, 1.54) is 0 Å². The van der Waals surface area contributed by atoms with Crippen molar-refractivity contribution in [3.8, 4) is 11.5 Å². The van der Waals surface area contributed by atoms with Crippen LogP contribution in [-0.2, 0) is 5.41 Å². The Balaban J connectivity index is 2.42. The van der Waals surface area contributed by atoms with Crippen LogP contribution in [0.3, 0.4) is 0 Å². The molecule has 1 N–H and O–H groups in total. The molecule has 0 amide bonds. The Morgan fingerprint density at radius 1 is 1.17 bits per heavy atom. The molecule has 1 fully saturated rings. The molecule has 1 aromatic rings. The highest BCUT2D eigenvalue weighted by Gasteiger charge is 2.35. The van der Waals surface area contributed by atoms with Crippen molar-refractivity contribution in [2.75, 3.05) is 14.2 Å². The van der Waals surface area contributed by atoms with Gasteiger partial charge < -0.3 is 14.7 Å². The van der Waals surface area contributed by atoms with Crippen molar-refractivity contribution >= 4 is 6.21 Å². The van der Waals surface area contributed by atoms with E-state index in [1.807, 2.05) is 18.2 Å². The lowest BCUT2D eigenvalue weighted by molar-refractivity contribution is 0.316. The molecule has 0 spiro atoms. The highest BCUT2D eigenvalue weighted by Crippen LogP contribution is 2.42. The van der Waals surface area contributed by atoms with Crippen LogP contribution in [0.15, 0.2) is 23.4 Å². The van der Waals surface area contributed by atoms with Gasteiger partial charge in [-0.3, -0.25) is 0 Å². The van der Waals surface area contributed by atoms with Crippen molar-refractivity contribution in [3.05, 3.63) is 23.8 Å². The van der Waals surface area contributed by atoms with Crippen LogP contribution in [0.2, 0.25) is 0 Å². The third-order valence-corrected chi connectivity index (χ3v) is 3.76. The summed E-state index contributed by atoms with van der Waals surface area (Å²) in [5, 5.41) is 12.2. The molecule has 1 saturated carbocycles. The SMILES string of the molecule is COc1ccc(C2(C=NO)CCCC2)cc1OC. The Labute approximate surface area is 107 Å². The second kappa shape index (κ2) is 5.29. The van der Waals surface area contributed by atoms with Crippen molar-refractivity contribution < 1.29 is 14.7 Å². The number of methoxy groups -OCH3 is 2. The van der Waals surface area contributed by atoms with E-state index in [0.29, 0.717) is 5.75 Å². The van der Waals surface area contributed by atoms with Crippen molar-refractivity contribution in [2.24, 2.45) is 5.16 Å². The number of benzene rings is 1. The Hall–Kier alpha value is -1.71. The molecule has 4 nitrogen and oxygen atoms in total. The van der Waals surface area contributed by atoms with Crippen LogP contribution in [0, 0.1) is 0 Å². The van der Waals surface area contributed by atoms with Crippen molar-refractivity contribution in [3.63, 3.8) is 0 Å². The second-order valence-electron chi connectivity index (χ2n) is 4.68. The summed E-state index contributed by atoms with van der Waals surface area (Å²) in [5.74, 6) is 1.43. The normalized spacial score (nSPS) is 18.1. The van der Waals surface area contributed by atoms with Gasteiger partial charge in [0.05, 0.1) is 20.4 Å². The van der Waals surface area contributed by atoms with Gasteiger partial charge in [-0.1, -0.05) is 18.9 Å². The second-order valence-corrected chi connectivity index (χ2v) is 4.68. The van der Waals surface area contributed by atoms with Gasteiger partial charge in [0.15, 0.2) is 11.5 Å². The first-order valence-corrected chi connectivity index (χ1v) is 6.17. The molecule has 1 aromatic carbocycles. The number of hydrogen-bond acceptors (Lipinski definition) is 4. The molecule has 0 saturated heterocycles. The Morgan fingerprint density at radius 2 is 1.83 bits per heavy atom. The maximum absolute atomic E-state index is 8.89. The summed E-state index contributed by atoms with van der Waals surface area (Å²) in [5.41, 5.74) is 0.962. The van der Waals surface area contributed by atoms with Crippen LogP contribution in [0.5, 0.6) is 11.5 Å². The molecule has 0 radical (unpaired) electrons. The first-order chi connectivity index (χ1) is 8.75. The third-order valence-electron chi connectivity index (χ3n) is 3.76. The van der Waals surface area contributed by atoms with Crippen LogP contribution in [0.4, 0.5) is 0 Å². The average Bonchev–Trinajstić information content (AvgIpc) is 2.88. The van der Waals surface area contributed by atoms with Crippen molar-refractivity contribution in [1.82, 2.24) is 0 Å². The number of oxime groups is 1. The molecule has 98 valence electrons. The highest BCUT2D eigenvalue weighted by molar-refractivity contribution is 5.74. The van der Waals surface area contributed by atoms with E-state index < -0.39 is 0 Å². The monoisotopic (exact) mass is 249 g/mol. The molecule has 2 rings (SSSR count). The van der Waals surface area contributed by atoms with Crippen LogP contribution < -0.4 is 9.47 Å². The van der Waals surface area contributed by atoms with Gasteiger partial charge in [0.25, 0.3) is 0 Å². The molecule has 1 aliphatic carbocycles. The molecule has 0 atom stereocenters. The fourth-order valence-corrected chi connectivity index (χ4v) is 2.75. The molecule has 0 bridgehead atoms. The van der Waals surface area contributed by atoms with E-state index in [2.05, 4.69) is 5.16 Å². The maximum atomic E-state index is 8.89.